The van der Waals surface area contributed by atoms with Crippen LogP contribution in [0.5, 0.6) is 0 Å². The fourth-order valence-electron chi connectivity index (χ4n) is 0. The SMILES string of the molecule is NC(=O)C(=O)O.[Pd]. The van der Waals surface area contributed by atoms with Gasteiger partial charge in [-0.1, -0.05) is 0 Å². The number of rotatable bonds is 0. The zero-order chi connectivity index (χ0) is 5.15. The van der Waals surface area contributed by atoms with Gasteiger partial charge in [0.1, 0.15) is 0 Å². The normalized spacial score (nSPS) is 6.29. The Morgan fingerprint density at radius 3 is 1.57 bits per heavy atom. The van der Waals surface area contributed by atoms with Crippen molar-refractivity contribution in [3.05, 3.63) is 0 Å². The molecule has 3 N–H and O–H groups in total. The molecule has 44 valence electrons. The number of nitrogens with two attached hydrogens (primary N) is 1. The van der Waals surface area contributed by atoms with Gasteiger partial charge < -0.3 is 10.8 Å². The van der Waals surface area contributed by atoms with Crippen LogP contribution in [0, 0.1) is 0 Å². The zero-order valence-electron chi connectivity index (χ0n) is 3.16. The smallest absolute Gasteiger partial charge is 0.394 e. The number of carbonyl (C=O) groups is 2. The Hall–Kier alpha value is -0.398. The van der Waals surface area contributed by atoms with E-state index in [-0.39, 0.29) is 20.4 Å². The summed E-state index contributed by atoms with van der Waals surface area (Å²) in [6, 6.07) is 0. The second kappa shape index (κ2) is 3.78. The van der Waals surface area contributed by atoms with Gasteiger partial charge in [-0.15, -0.1) is 0 Å². The number of carboxylic acid groups (broad SMARTS) is 1. The molecular formula is C2H3NO3Pd. The Morgan fingerprint density at radius 2 is 1.57 bits per heavy atom. The van der Waals surface area contributed by atoms with Gasteiger partial charge in [0.2, 0.25) is 0 Å². The summed E-state index contributed by atoms with van der Waals surface area (Å²) in [6.45, 7) is 0. The quantitative estimate of drug-likeness (QED) is 0.367. The van der Waals surface area contributed by atoms with Crippen molar-refractivity contribution in [3.63, 3.8) is 0 Å². The van der Waals surface area contributed by atoms with Crippen molar-refractivity contribution in [3.8, 4) is 0 Å². The van der Waals surface area contributed by atoms with E-state index < -0.39 is 11.9 Å². The summed E-state index contributed by atoms with van der Waals surface area (Å²) in [7, 11) is 0. The van der Waals surface area contributed by atoms with Crippen molar-refractivity contribution in [2.45, 2.75) is 0 Å². The van der Waals surface area contributed by atoms with E-state index in [2.05, 4.69) is 5.73 Å². The topological polar surface area (TPSA) is 80.4 Å². The molecule has 0 saturated heterocycles. The first-order valence-electron chi connectivity index (χ1n) is 1.17. The van der Waals surface area contributed by atoms with Gasteiger partial charge in [-0.3, -0.25) is 4.79 Å². The molecule has 0 aliphatic rings. The molecule has 0 unspecified atom stereocenters. The second-order valence-corrected chi connectivity index (χ2v) is 0.669. The molecule has 0 radical (unpaired) electrons. The number of primary amides is 1. The summed E-state index contributed by atoms with van der Waals surface area (Å²) in [5.74, 6) is -2.93. The molecule has 0 aromatic carbocycles. The van der Waals surface area contributed by atoms with Crippen molar-refractivity contribution in [1.29, 1.82) is 0 Å². The Labute approximate surface area is 53.3 Å². The van der Waals surface area contributed by atoms with E-state index in [4.69, 9.17) is 5.11 Å². The molecule has 0 spiro atoms. The van der Waals surface area contributed by atoms with Gasteiger partial charge in [0.05, 0.1) is 0 Å². The minimum Gasteiger partial charge on any atom is -0.474 e. The molecule has 4 nitrogen and oxygen atoms in total. The van der Waals surface area contributed by atoms with Crippen LogP contribution in [-0.4, -0.2) is 17.0 Å². The Morgan fingerprint density at radius 1 is 1.43 bits per heavy atom. The number of aliphatic carboxylic acids is 1. The number of hydrogen-bond acceptors (Lipinski definition) is 2. The van der Waals surface area contributed by atoms with E-state index in [0.29, 0.717) is 0 Å². The van der Waals surface area contributed by atoms with Crippen LogP contribution < -0.4 is 5.73 Å². The standard InChI is InChI=1S/C2H3NO3.Pd/c3-1(4)2(5)6;/h(H2,3,4)(H,5,6);. The number of carbonyl (C=O) groups excluding carboxylic acids is 1. The van der Waals surface area contributed by atoms with Crippen molar-refractivity contribution in [2.75, 3.05) is 0 Å². The molecule has 0 aliphatic heterocycles. The maximum absolute atomic E-state index is 9.32. The Kier molecular flexibility index (Phi) is 5.28. The molecule has 0 rings (SSSR count). The molecule has 0 aromatic rings. The number of carboxylic acids is 1. The van der Waals surface area contributed by atoms with Crippen molar-refractivity contribution in [1.82, 2.24) is 0 Å². The van der Waals surface area contributed by atoms with Gasteiger partial charge in [0.25, 0.3) is 0 Å². The first kappa shape index (κ1) is 9.78. The third kappa shape index (κ3) is 5.60. The number of hydrogen-bond donors (Lipinski definition) is 2. The molecule has 7 heavy (non-hydrogen) atoms. The summed E-state index contributed by atoms with van der Waals surface area (Å²) in [4.78, 5) is 18.5. The summed E-state index contributed by atoms with van der Waals surface area (Å²) in [6.07, 6.45) is 0. The van der Waals surface area contributed by atoms with Crippen LogP contribution >= 0.6 is 0 Å². The van der Waals surface area contributed by atoms with Crippen LogP contribution in [-0.2, 0) is 30.0 Å². The number of amides is 1. The predicted octanol–water partition coefficient (Wildman–Crippen LogP) is -1.45. The van der Waals surface area contributed by atoms with Crippen LogP contribution in [0.1, 0.15) is 0 Å². The van der Waals surface area contributed by atoms with E-state index in [9.17, 15) is 9.59 Å². The largest absolute Gasteiger partial charge is 0.474 e. The molecule has 0 bridgehead atoms. The van der Waals surface area contributed by atoms with Gasteiger partial charge >= 0.3 is 11.9 Å². The monoisotopic (exact) mass is 195 g/mol. The third-order valence-corrected chi connectivity index (χ3v) is 0.211. The summed E-state index contributed by atoms with van der Waals surface area (Å²) in [5.41, 5.74) is 4.20. The minimum absolute atomic E-state index is 0. The van der Waals surface area contributed by atoms with Gasteiger partial charge in [-0.2, -0.15) is 0 Å². The molecule has 0 aromatic heterocycles. The average molecular weight is 195 g/mol. The van der Waals surface area contributed by atoms with Crippen LogP contribution in [0.3, 0.4) is 0 Å². The first-order valence-corrected chi connectivity index (χ1v) is 1.17. The molecule has 5 heteroatoms. The van der Waals surface area contributed by atoms with Crippen molar-refractivity contribution >= 4 is 11.9 Å². The second-order valence-electron chi connectivity index (χ2n) is 0.669. The molecular weight excluding hydrogens is 192 g/mol. The van der Waals surface area contributed by atoms with Gasteiger partial charge in [0.15, 0.2) is 0 Å². The molecule has 0 fully saturated rings. The van der Waals surface area contributed by atoms with E-state index >= 15 is 0 Å². The van der Waals surface area contributed by atoms with Crippen LogP contribution in [0.25, 0.3) is 0 Å². The van der Waals surface area contributed by atoms with E-state index in [1.807, 2.05) is 0 Å². The van der Waals surface area contributed by atoms with E-state index in [1.54, 1.807) is 0 Å². The van der Waals surface area contributed by atoms with Crippen molar-refractivity contribution < 1.29 is 35.1 Å². The maximum Gasteiger partial charge on any atom is 0.394 e. The minimum atomic E-state index is -1.60. The average Bonchev–Trinajstić information content (AvgIpc) is 1.36. The molecule has 0 atom stereocenters. The summed E-state index contributed by atoms with van der Waals surface area (Å²) < 4.78 is 0. The zero-order valence-corrected chi connectivity index (χ0v) is 4.71. The summed E-state index contributed by atoms with van der Waals surface area (Å²) >= 11 is 0. The van der Waals surface area contributed by atoms with Gasteiger partial charge in [-0.05, 0) is 0 Å². The third-order valence-electron chi connectivity index (χ3n) is 0.211. The molecule has 1 amide bonds. The first-order chi connectivity index (χ1) is 2.64. The van der Waals surface area contributed by atoms with Crippen molar-refractivity contribution in [2.24, 2.45) is 5.73 Å². The van der Waals surface area contributed by atoms with Gasteiger partial charge in [-0.25, -0.2) is 4.79 Å². The van der Waals surface area contributed by atoms with E-state index in [1.165, 1.54) is 0 Å². The Bertz CT molecular complexity index is 78.9. The van der Waals surface area contributed by atoms with Crippen LogP contribution in [0.2, 0.25) is 0 Å². The molecule has 0 heterocycles. The maximum atomic E-state index is 9.32. The van der Waals surface area contributed by atoms with Gasteiger partial charge in [0, 0.05) is 20.4 Å². The molecule has 0 aliphatic carbocycles. The Balaban J connectivity index is 0. The van der Waals surface area contributed by atoms with Crippen LogP contribution in [0.15, 0.2) is 0 Å². The fraction of sp³-hybridized carbons (Fsp3) is 0. The predicted molar refractivity (Wildman–Crippen MR) is 16.8 cm³/mol. The van der Waals surface area contributed by atoms with E-state index in [0.717, 1.165) is 0 Å². The summed E-state index contributed by atoms with van der Waals surface area (Å²) in [5, 5.41) is 7.52. The van der Waals surface area contributed by atoms with Crippen LogP contribution in [0.4, 0.5) is 0 Å². The molecule has 0 saturated carbocycles. The fourth-order valence-corrected chi connectivity index (χ4v) is 0.